The zero-order chi connectivity index (χ0) is 13.8. The third kappa shape index (κ3) is 2.96. The van der Waals surface area contributed by atoms with E-state index in [4.69, 9.17) is 0 Å². The zero-order valence-electron chi connectivity index (χ0n) is 11.7. The molecular weight excluding hydrogens is 266 g/mol. The van der Waals surface area contributed by atoms with E-state index in [1.807, 2.05) is 24.0 Å². The van der Waals surface area contributed by atoms with Crippen LogP contribution in [-0.2, 0) is 6.42 Å². The van der Waals surface area contributed by atoms with Crippen LogP contribution in [0.2, 0.25) is 0 Å². The standard InChI is InChI=1S/C16H19N3S/c1-2-14-11-20-16(19-14)18-10-8-13-6-3-5-12-7-4-9-17-15(12)13/h3-7,9,14H,2,8,10-11H2,1H3,(H,18,19). The number of aromatic nitrogens is 1. The number of fused-ring (bicyclic) bond motifs is 1. The Kier molecular flexibility index (Phi) is 4.21. The monoisotopic (exact) mass is 285 g/mol. The summed E-state index contributed by atoms with van der Waals surface area (Å²) in [4.78, 5) is 9.15. The minimum atomic E-state index is 0.595. The topological polar surface area (TPSA) is 37.3 Å². The van der Waals surface area contributed by atoms with Crippen molar-refractivity contribution < 1.29 is 0 Å². The van der Waals surface area contributed by atoms with Crippen LogP contribution in [0.1, 0.15) is 18.9 Å². The second-order valence-electron chi connectivity index (χ2n) is 4.99. The number of para-hydroxylation sites is 1. The van der Waals surface area contributed by atoms with Crippen molar-refractivity contribution in [3.05, 3.63) is 42.1 Å². The fourth-order valence-corrected chi connectivity index (χ4v) is 3.51. The van der Waals surface area contributed by atoms with E-state index in [-0.39, 0.29) is 0 Å². The van der Waals surface area contributed by atoms with Gasteiger partial charge in [-0.2, -0.15) is 0 Å². The molecule has 0 aliphatic carbocycles. The van der Waals surface area contributed by atoms with E-state index in [0.717, 1.165) is 29.4 Å². The third-order valence-corrected chi connectivity index (χ3v) is 4.68. The summed E-state index contributed by atoms with van der Waals surface area (Å²) in [5.41, 5.74) is 2.39. The molecule has 3 nitrogen and oxygen atoms in total. The van der Waals surface area contributed by atoms with Gasteiger partial charge >= 0.3 is 0 Å². The smallest absolute Gasteiger partial charge is 0.156 e. The number of pyridine rings is 1. The first-order chi connectivity index (χ1) is 9.86. The van der Waals surface area contributed by atoms with Crippen LogP contribution < -0.4 is 5.32 Å². The highest BCUT2D eigenvalue weighted by molar-refractivity contribution is 8.14. The number of hydrogen-bond acceptors (Lipinski definition) is 3. The lowest BCUT2D eigenvalue weighted by Gasteiger charge is -2.06. The van der Waals surface area contributed by atoms with Crippen molar-refractivity contribution in [2.75, 3.05) is 12.3 Å². The Labute approximate surface area is 123 Å². The fraction of sp³-hybridized carbons (Fsp3) is 0.375. The van der Waals surface area contributed by atoms with Crippen molar-refractivity contribution in [1.82, 2.24) is 10.3 Å². The predicted molar refractivity (Wildman–Crippen MR) is 87.4 cm³/mol. The van der Waals surface area contributed by atoms with Crippen LogP contribution in [0.15, 0.2) is 41.5 Å². The molecule has 1 saturated heterocycles. The summed E-state index contributed by atoms with van der Waals surface area (Å²) >= 11 is 1.84. The third-order valence-electron chi connectivity index (χ3n) is 3.59. The summed E-state index contributed by atoms with van der Waals surface area (Å²) in [6.45, 7) is 3.03. The molecule has 1 aromatic carbocycles. The van der Waals surface area contributed by atoms with Crippen molar-refractivity contribution in [3.63, 3.8) is 0 Å². The molecule has 0 saturated carbocycles. The minimum absolute atomic E-state index is 0.595. The molecule has 1 aliphatic heterocycles. The van der Waals surface area contributed by atoms with E-state index in [9.17, 15) is 0 Å². The molecule has 2 heterocycles. The van der Waals surface area contributed by atoms with E-state index in [1.165, 1.54) is 17.4 Å². The normalized spacial score (nSPS) is 20.4. The number of rotatable bonds is 4. The molecule has 0 spiro atoms. The molecule has 1 aromatic heterocycles. The molecule has 2 aromatic rings. The van der Waals surface area contributed by atoms with Gasteiger partial charge < -0.3 is 5.32 Å². The number of hydrogen-bond donors (Lipinski definition) is 1. The molecule has 104 valence electrons. The molecule has 0 radical (unpaired) electrons. The number of nitrogens with one attached hydrogen (secondary N) is 1. The Morgan fingerprint density at radius 2 is 2.25 bits per heavy atom. The molecule has 4 heteroatoms. The molecule has 1 unspecified atom stereocenters. The fourth-order valence-electron chi connectivity index (χ4n) is 2.40. The Morgan fingerprint density at radius 1 is 1.35 bits per heavy atom. The first kappa shape index (κ1) is 13.4. The van der Waals surface area contributed by atoms with Crippen LogP contribution in [0.25, 0.3) is 10.9 Å². The zero-order valence-corrected chi connectivity index (χ0v) is 12.5. The molecular formula is C16H19N3S. The van der Waals surface area contributed by atoms with Crippen LogP contribution in [0, 0.1) is 0 Å². The van der Waals surface area contributed by atoms with Gasteiger partial charge in [0.2, 0.25) is 0 Å². The van der Waals surface area contributed by atoms with Crippen molar-refractivity contribution in [2.24, 2.45) is 4.99 Å². The maximum atomic E-state index is 4.66. The average Bonchev–Trinajstić information content (AvgIpc) is 2.95. The molecule has 0 bridgehead atoms. The van der Waals surface area contributed by atoms with Gasteiger partial charge in [0.05, 0.1) is 5.52 Å². The Bertz CT molecular complexity index is 619. The first-order valence-corrected chi connectivity index (χ1v) is 8.12. The number of thioether (sulfide) groups is 1. The second kappa shape index (κ2) is 6.27. The summed E-state index contributed by atoms with van der Waals surface area (Å²) in [6, 6.07) is 11.0. The molecule has 0 amide bonds. The summed E-state index contributed by atoms with van der Waals surface area (Å²) in [5, 5.41) is 5.77. The lowest BCUT2D eigenvalue weighted by atomic mass is 10.1. The van der Waals surface area contributed by atoms with E-state index in [0.29, 0.717) is 6.04 Å². The van der Waals surface area contributed by atoms with Gasteiger partial charge in [-0.1, -0.05) is 43.0 Å². The van der Waals surface area contributed by atoms with Gasteiger partial charge in [-0.3, -0.25) is 9.98 Å². The second-order valence-corrected chi connectivity index (χ2v) is 6.00. The average molecular weight is 285 g/mol. The number of aliphatic imine (C=N–C) groups is 1. The highest BCUT2D eigenvalue weighted by Crippen LogP contribution is 2.18. The summed E-state index contributed by atoms with van der Waals surface area (Å²) in [6.07, 6.45) is 3.97. The minimum Gasteiger partial charge on any atom is -0.361 e. The number of nitrogens with zero attached hydrogens (tertiary/aromatic N) is 2. The molecule has 1 aliphatic rings. The molecule has 1 atom stereocenters. The van der Waals surface area contributed by atoms with Gasteiger partial charge in [-0.05, 0) is 24.5 Å². The lowest BCUT2D eigenvalue weighted by molar-refractivity contribution is 0.667. The van der Waals surface area contributed by atoms with Crippen LogP contribution in [0.5, 0.6) is 0 Å². The lowest BCUT2D eigenvalue weighted by Crippen LogP contribution is -2.25. The van der Waals surface area contributed by atoms with Gasteiger partial charge in [0.15, 0.2) is 5.17 Å². The molecule has 20 heavy (non-hydrogen) atoms. The van der Waals surface area contributed by atoms with Gasteiger partial charge in [0, 0.05) is 29.9 Å². The van der Waals surface area contributed by atoms with Crippen LogP contribution in [-0.4, -0.2) is 28.5 Å². The summed E-state index contributed by atoms with van der Waals surface area (Å²) in [5.74, 6) is 1.14. The Morgan fingerprint density at radius 3 is 3.10 bits per heavy atom. The SMILES string of the molecule is CCC1CSC(=NCCc2cccc3cccnc23)N1. The van der Waals surface area contributed by atoms with Crippen LogP contribution in [0.3, 0.4) is 0 Å². The van der Waals surface area contributed by atoms with Crippen molar-refractivity contribution in [1.29, 1.82) is 0 Å². The van der Waals surface area contributed by atoms with Crippen LogP contribution in [0.4, 0.5) is 0 Å². The predicted octanol–water partition coefficient (Wildman–Crippen LogP) is 3.25. The maximum absolute atomic E-state index is 4.66. The Balaban J connectivity index is 1.67. The van der Waals surface area contributed by atoms with Gasteiger partial charge in [-0.15, -0.1) is 0 Å². The van der Waals surface area contributed by atoms with E-state index >= 15 is 0 Å². The maximum Gasteiger partial charge on any atom is 0.156 e. The quantitative estimate of drug-likeness (QED) is 0.937. The van der Waals surface area contributed by atoms with Crippen molar-refractivity contribution in [2.45, 2.75) is 25.8 Å². The number of benzene rings is 1. The molecule has 1 N–H and O–H groups in total. The highest BCUT2D eigenvalue weighted by Gasteiger charge is 2.17. The Hall–Kier alpha value is -1.55. The highest BCUT2D eigenvalue weighted by atomic mass is 32.2. The van der Waals surface area contributed by atoms with E-state index < -0.39 is 0 Å². The summed E-state index contributed by atoms with van der Waals surface area (Å²) in [7, 11) is 0. The largest absolute Gasteiger partial charge is 0.361 e. The van der Waals surface area contributed by atoms with E-state index in [2.05, 4.69) is 46.5 Å². The van der Waals surface area contributed by atoms with Crippen molar-refractivity contribution >= 4 is 27.8 Å². The first-order valence-electron chi connectivity index (χ1n) is 7.13. The van der Waals surface area contributed by atoms with Gasteiger partial charge in [0.25, 0.3) is 0 Å². The molecule has 1 fully saturated rings. The van der Waals surface area contributed by atoms with Crippen molar-refractivity contribution in [3.8, 4) is 0 Å². The molecule has 3 rings (SSSR count). The van der Waals surface area contributed by atoms with Gasteiger partial charge in [-0.25, -0.2) is 0 Å². The van der Waals surface area contributed by atoms with Crippen LogP contribution >= 0.6 is 11.8 Å². The van der Waals surface area contributed by atoms with E-state index in [1.54, 1.807) is 0 Å². The summed E-state index contributed by atoms with van der Waals surface area (Å²) < 4.78 is 0. The van der Waals surface area contributed by atoms with Gasteiger partial charge in [0.1, 0.15) is 0 Å². The number of amidine groups is 1.